The Labute approximate surface area is 257 Å². The van der Waals surface area contributed by atoms with Crippen molar-refractivity contribution < 1.29 is 14.3 Å². The van der Waals surface area contributed by atoms with Crippen LogP contribution in [0, 0.1) is 13.8 Å². The third-order valence-corrected chi connectivity index (χ3v) is 7.96. The summed E-state index contributed by atoms with van der Waals surface area (Å²) < 4.78 is 7.07. The van der Waals surface area contributed by atoms with Crippen LogP contribution in [0.4, 0.5) is 11.4 Å². The number of morpholine rings is 1. The van der Waals surface area contributed by atoms with Crippen LogP contribution >= 0.6 is 0 Å². The zero-order valence-corrected chi connectivity index (χ0v) is 25.0. The fraction of sp³-hybridized carbons (Fsp3) is 0.257. The van der Waals surface area contributed by atoms with E-state index in [1.807, 2.05) is 111 Å². The molecule has 224 valence electrons. The molecule has 0 aliphatic carbocycles. The van der Waals surface area contributed by atoms with E-state index in [0.717, 1.165) is 46.5 Å². The lowest BCUT2D eigenvalue weighted by molar-refractivity contribution is -0.140. The van der Waals surface area contributed by atoms with Gasteiger partial charge in [-0.15, -0.1) is 5.10 Å². The highest BCUT2D eigenvalue weighted by atomic mass is 16.5. The SMILES string of the molecule is Cc1ccc(CN(C(=O)Cn2nnc3ccccc32)C(C(=O)Nc2ccc(N3CCOCC3)cc2)c2ccc(C)cc2)cc1. The predicted molar refractivity (Wildman–Crippen MR) is 171 cm³/mol. The lowest BCUT2D eigenvalue weighted by Crippen LogP contribution is -2.42. The predicted octanol–water partition coefficient (Wildman–Crippen LogP) is 5.29. The van der Waals surface area contributed by atoms with Gasteiger partial charge in [0.1, 0.15) is 18.1 Å². The molecule has 2 amide bonds. The van der Waals surface area contributed by atoms with Crippen molar-refractivity contribution >= 4 is 34.2 Å². The molecule has 0 radical (unpaired) electrons. The molecule has 0 spiro atoms. The van der Waals surface area contributed by atoms with Gasteiger partial charge in [0.05, 0.1) is 18.7 Å². The molecule has 0 bridgehead atoms. The summed E-state index contributed by atoms with van der Waals surface area (Å²) in [5.74, 6) is -0.540. The zero-order chi connectivity index (χ0) is 30.5. The van der Waals surface area contributed by atoms with Gasteiger partial charge in [0.15, 0.2) is 0 Å². The number of hydrogen-bond acceptors (Lipinski definition) is 6. The van der Waals surface area contributed by atoms with Crippen LogP contribution in [0.1, 0.15) is 28.3 Å². The van der Waals surface area contributed by atoms with Gasteiger partial charge in [-0.05, 0) is 61.4 Å². The molecule has 9 nitrogen and oxygen atoms in total. The zero-order valence-electron chi connectivity index (χ0n) is 25.0. The van der Waals surface area contributed by atoms with Crippen molar-refractivity contribution in [3.63, 3.8) is 0 Å². The van der Waals surface area contributed by atoms with Crippen LogP contribution in [0.3, 0.4) is 0 Å². The summed E-state index contributed by atoms with van der Waals surface area (Å²) in [5.41, 5.74) is 7.04. The number of nitrogens with one attached hydrogen (secondary N) is 1. The number of benzene rings is 4. The molecular weight excluding hydrogens is 552 g/mol. The smallest absolute Gasteiger partial charge is 0.251 e. The monoisotopic (exact) mass is 588 g/mol. The number of amides is 2. The Balaban J connectivity index is 1.33. The number of anilines is 2. The van der Waals surface area contributed by atoms with E-state index in [1.165, 1.54) is 0 Å². The molecule has 6 rings (SSSR count). The van der Waals surface area contributed by atoms with Gasteiger partial charge in [0, 0.05) is 31.0 Å². The molecule has 2 heterocycles. The molecule has 1 aliphatic rings. The molecule has 1 aromatic heterocycles. The van der Waals surface area contributed by atoms with Crippen LogP contribution in [0.15, 0.2) is 97.1 Å². The van der Waals surface area contributed by atoms with Crippen molar-refractivity contribution in [2.45, 2.75) is 33.0 Å². The van der Waals surface area contributed by atoms with Crippen molar-refractivity contribution in [3.05, 3.63) is 119 Å². The minimum atomic E-state index is -0.891. The van der Waals surface area contributed by atoms with Crippen LogP contribution in [0.5, 0.6) is 0 Å². The second-order valence-electron chi connectivity index (χ2n) is 11.2. The van der Waals surface area contributed by atoms with Crippen LogP contribution in [0.2, 0.25) is 0 Å². The van der Waals surface area contributed by atoms with E-state index < -0.39 is 6.04 Å². The van der Waals surface area contributed by atoms with E-state index in [1.54, 1.807) is 9.58 Å². The van der Waals surface area contributed by atoms with Crippen molar-refractivity contribution in [3.8, 4) is 0 Å². The maximum absolute atomic E-state index is 14.2. The van der Waals surface area contributed by atoms with Crippen LogP contribution in [-0.2, 0) is 27.4 Å². The molecule has 1 atom stereocenters. The first kappa shape index (κ1) is 29.1. The molecule has 1 N–H and O–H groups in total. The highest BCUT2D eigenvalue weighted by molar-refractivity contribution is 5.98. The quantitative estimate of drug-likeness (QED) is 0.252. The average molecular weight is 589 g/mol. The number of ether oxygens (including phenoxy) is 1. The molecule has 1 saturated heterocycles. The normalized spacial score (nSPS) is 13.9. The van der Waals surface area contributed by atoms with Gasteiger partial charge >= 0.3 is 0 Å². The van der Waals surface area contributed by atoms with Gasteiger partial charge in [-0.3, -0.25) is 9.59 Å². The van der Waals surface area contributed by atoms with Gasteiger partial charge in [0.2, 0.25) is 5.91 Å². The van der Waals surface area contributed by atoms with Gasteiger partial charge in [-0.25, -0.2) is 4.68 Å². The van der Waals surface area contributed by atoms with E-state index in [2.05, 4.69) is 20.5 Å². The van der Waals surface area contributed by atoms with Crippen LogP contribution in [-0.4, -0.2) is 58.0 Å². The molecule has 9 heteroatoms. The summed E-state index contributed by atoms with van der Waals surface area (Å²) >= 11 is 0. The van der Waals surface area contributed by atoms with E-state index in [4.69, 9.17) is 4.74 Å². The first-order valence-corrected chi connectivity index (χ1v) is 14.9. The Hall–Kier alpha value is -5.02. The fourth-order valence-corrected chi connectivity index (χ4v) is 5.48. The highest BCUT2D eigenvalue weighted by Crippen LogP contribution is 2.28. The maximum Gasteiger partial charge on any atom is 0.251 e. The van der Waals surface area contributed by atoms with E-state index >= 15 is 0 Å². The number of nitrogens with zero attached hydrogens (tertiary/aromatic N) is 5. The van der Waals surface area contributed by atoms with Crippen molar-refractivity contribution in [1.82, 2.24) is 19.9 Å². The lowest BCUT2D eigenvalue weighted by atomic mass is 10.0. The molecule has 4 aromatic carbocycles. The van der Waals surface area contributed by atoms with Crippen molar-refractivity contribution in [1.29, 1.82) is 0 Å². The molecule has 5 aromatic rings. The molecular formula is C35H36N6O3. The third kappa shape index (κ3) is 6.63. The standard InChI is InChI=1S/C35H36N6O3/c1-25-7-11-27(12-8-25)23-40(33(42)24-41-32-6-4-3-5-31(32)37-38-41)34(28-13-9-26(2)10-14-28)35(43)36-29-15-17-30(18-16-29)39-19-21-44-22-20-39/h3-18,34H,19-24H2,1-2H3,(H,36,43). The first-order valence-electron chi connectivity index (χ1n) is 14.9. The van der Waals surface area contributed by atoms with E-state index in [0.29, 0.717) is 24.4 Å². The summed E-state index contributed by atoms with van der Waals surface area (Å²) in [6.07, 6.45) is 0. The van der Waals surface area contributed by atoms with Crippen LogP contribution in [0.25, 0.3) is 11.0 Å². The van der Waals surface area contributed by atoms with Gasteiger partial charge < -0.3 is 19.9 Å². The first-order chi connectivity index (χ1) is 21.4. The second kappa shape index (κ2) is 13.1. The molecule has 1 aliphatic heterocycles. The molecule has 1 fully saturated rings. The number of para-hydroxylation sites is 1. The Bertz CT molecular complexity index is 1730. The summed E-state index contributed by atoms with van der Waals surface area (Å²) in [6, 6.07) is 30.2. The number of carbonyl (C=O) groups is 2. The second-order valence-corrected chi connectivity index (χ2v) is 11.2. The minimum Gasteiger partial charge on any atom is -0.378 e. The van der Waals surface area contributed by atoms with Crippen molar-refractivity contribution in [2.24, 2.45) is 0 Å². The fourth-order valence-electron chi connectivity index (χ4n) is 5.48. The van der Waals surface area contributed by atoms with Gasteiger partial charge in [-0.2, -0.15) is 0 Å². The summed E-state index contributed by atoms with van der Waals surface area (Å²) in [6.45, 7) is 7.27. The number of rotatable bonds is 9. The number of fused-ring (bicyclic) bond motifs is 1. The van der Waals surface area contributed by atoms with E-state index in [-0.39, 0.29) is 24.9 Å². The Morgan fingerprint density at radius 2 is 1.52 bits per heavy atom. The molecule has 0 saturated carbocycles. The Morgan fingerprint density at radius 3 is 2.23 bits per heavy atom. The number of hydrogen-bond donors (Lipinski definition) is 1. The topological polar surface area (TPSA) is 92.6 Å². The number of aromatic nitrogens is 3. The maximum atomic E-state index is 14.2. The molecule has 1 unspecified atom stereocenters. The minimum absolute atomic E-state index is 0.0593. The van der Waals surface area contributed by atoms with Crippen molar-refractivity contribution in [2.75, 3.05) is 36.5 Å². The summed E-state index contributed by atoms with van der Waals surface area (Å²) in [5, 5.41) is 11.6. The summed E-state index contributed by atoms with van der Waals surface area (Å²) in [4.78, 5) is 32.4. The van der Waals surface area contributed by atoms with E-state index in [9.17, 15) is 9.59 Å². The molecule has 44 heavy (non-hydrogen) atoms. The Morgan fingerprint density at radius 1 is 0.864 bits per heavy atom. The average Bonchev–Trinajstić information content (AvgIpc) is 3.46. The highest BCUT2D eigenvalue weighted by Gasteiger charge is 2.32. The van der Waals surface area contributed by atoms with Gasteiger partial charge in [0.25, 0.3) is 5.91 Å². The third-order valence-electron chi connectivity index (χ3n) is 7.96. The van der Waals surface area contributed by atoms with Gasteiger partial charge in [-0.1, -0.05) is 77.0 Å². The van der Waals surface area contributed by atoms with Crippen LogP contribution < -0.4 is 10.2 Å². The lowest BCUT2D eigenvalue weighted by Gasteiger charge is -2.32. The Kier molecular flexibility index (Phi) is 8.65. The number of carbonyl (C=O) groups excluding carboxylic acids is 2. The largest absolute Gasteiger partial charge is 0.378 e. The summed E-state index contributed by atoms with van der Waals surface area (Å²) in [7, 11) is 0. The number of aryl methyl sites for hydroxylation is 2.